The topological polar surface area (TPSA) is 88.6 Å². The van der Waals surface area contributed by atoms with Gasteiger partial charge < -0.3 is 18.4 Å². The number of rotatable bonds is 9. The van der Waals surface area contributed by atoms with Gasteiger partial charge in [0.25, 0.3) is 0 Å². The summed E-state index contributed by atoms with van der Waals surface area (Å²) < 4.78 is 57.6. The Morgan fingerprint density at radius 2 is 1.78 bits per heavy atom. The van der Waals surface area contributed by atoms with Crippen LogP contribution in [0, 0.1) is 11.3 Å². The van der Waals surface area contributed by atoms with Crippen LogP contribution in [-0.2, 0) is 19.3 Å². The van der Waals surface area contributed by atoms with Gasteiger partial charge in [0.2, 0.25) is 17.5 Å². The molecule has 3 rings (SSSR count). The number of hydrogen-bond acceptors (Lipinski definition) is 7. The molecule has 1 aliphatic rings. The molecule has 2 heterocycles. The van der Waals surface area contributed by atoms with Crippen LogP contribution in [0.15, 0.2) is 28.7 Å². The Kier molecular flexibility index (Phi) is 7.83. The quantitative estimate of drug-likeness (QED) is 0.418. The standard InChI is InChI=1S/C22H26F2N3O4P/c1-3-29-32(28,30-4-2)22(23,24)18-11-8-17(9-12-18)10-13-20-26-19(16-25)21(31-20)27-14-6-5-7-15-27/h8-13H,3-7,14-15H2,1-2H3/b13-10+. The highest BCUT2D eigenvalue weighted by molar-refractivity contribution is 7.54. The molecule has 0 unspecified atom stereocenters. The van der Waals surface area contributed by atoms with Crippen molar-refractivity contribution in [2.75, 3.05) is 31.2 Å². The maximum absolute atomic E-state index is 14.8. The second kappa shape index (κ2) is 10.4. The van der Waals surface area contributed by atoms with Gasteiger partial charge in [0.15, 0.2) is 0 Å². The van der Waals surface area contributed by atoms with Crippen LogP contribution in [0.25, 0.3) is 12.2 Å². The minimum absolute atomic E-state index is 0.159. The van der Waals surface area contributed by atoms with Crippen LogP contribution in [0.5, 0.6) is 0 Å². The molecular formula is C22H26F2N3O4P. The van der Waals surface area contributed by atoms with Crippen molar-refractivity contribution in [3.63, 3.8) is 0 Å². The highest BCUT2D eigenvalue weighted by atomic mass is 31.2. The van der Waals surface area contributed by atoms with Crippen molar-refractivity contribution in [3.05, 3.63) is 47.0 Å². The van der Waals surface area contributed by atoms with Crippen LogP contribution in [-0.4, -0.2) is 31.3 Å². The molecule has 1 aromatic heterocycles. The summed E-state index contributed by atoms with van der Waals surface area (Å²) in [4.78, 5) is 6.22. The van der Waals surface area contributed by atoms with Gasteiger partial charge in [-0.15, -0.1) is 0 Å². The van der Waals surface area contributed by atoms with E-state index in [1.54, 1.807) is 12.2 Å². The molecule has 1 aliphatic heterocycles. The smallest absolute Gasteiger partial charge is 0.404 e. The Bertz CT molecular complexity index is 1010. The maximum Gasteiger partial charge on any atom is 0.404 e. The zero-order chi connectivity index (χ0) is 23.2. The van der Waals surface area contributed by atoms with E-state index in [0.717, 1.165) is 32.4 Å². The van der Waals surface area contributed by atoms with E-state index in [1.165, 1.54) is 38.1 Å². The number of oxazole rings is 1. The molecule has 1 fully saturated rings. The van der Waals surface area contributed by atoms with Crippen LogP contribution in [0.4, 0.5) is 14.7 Å². The molecule has 10 heteroatoms. The highest BCUT2D eigenvalue weighted by Gasteiger charge is 2.54. The zero-order valence-corrected chi connectivity index (χ0v) is 19.0. The molecule has 0 amide bonds. The second-order valence-corrected chi connectivity index (χ2v) is 9.27. The number of piperidine rings is 1. The third-order valence-corrected chi connectivity index (χ3v) is 7.14. The first-order valence-electron chi connectivity index (χ1n) is 10.6. The first-order chi connectivity index (χ1) is 15.3. The van der Waals surface area contributed by atoms with Crippen LogP contribution in [0.3, 0.4) is 0 Å². The van der Waals surface area contributed by atoms with E-state index in [0.29, 0.717) is 11.4 Å². The van der Waals surface area contributed by atoms with Gasteiger partial charge >= 0.3 is 13.3 Å². The van der Waals surface area contributed by atoms with Gasteiger partial charge in [-0.25, -0.2) is 0 Å². The molecule has 0 N–H and O–H groups in total. The number of alkyl halides is 2. The number of nitrogens with zero attached hydrogens (tertiary/aromatic N) is 3. The highest BCUT2D eigenvalue weighted by Crippen LogP contribution is 2.66. The zero-order valence-electron chi connectivity index (χ0n) is 18.1. The summed E-state index contributed by atoms with van der Waals surface area (Å²) in [6.45, 7) is 4.27. The van der Waals surface area contributed by atoms with Gasteiger partial charge in [-0.2, -0.15) is 19.0 Å². The summed E-state index contributed by atoms with van der Waals surface area (Å²) in [7, 11) is -4.65. The molecule has 0 spiro atoms. The predicted molar refractivity (Wildman–Crippen MR) is 117 cm³/mol. The molecule has 32 heavy (non-hydrogen) atoms. The van der Waals surface area contributed by atoms with Crippen molar-refractivity contribution in [1.29, 1.82) is 5.26 Å². The summed E-state index contributed by atoms with van der Waals surface area (Å²) in [6.07, 6.45) is 6.44. The number of nitriles is 1. The van der Waals surface area contributed by atoms with Crippen molar-refractivity contribution in [3.8, 4) is 6.07 Å². The van der Waals surface area contributed by atoms with Crippen molar-refractivity contribution < 1.29 is 26.8 Å². The SMILES string of the molecule is CCOP(=O)(OCC)C(F)(F)c1ccc(/C=C/c2nc(C#N)c(N3CCCCC3)o2)cc1. The molecule has 1 aromatic carbocycles. The lowest BCUT2D eigenvalue weighted by atomic mass is 10.1. The molecule has 1 saturated heterocycles. The number of anilines is 1. The average molecular weight is 465 g/mol. The van der Waals surface area contributed by atoms with E-state index in [2.05, 4.69) is 11.1 Å². The predicted octanol–water partition coefficient (Wildman–Crippen LogP) is 6.02. The Morgan fingerprint density at radius 1 is 1.16 bits per heavy atom. The minimum atomic E-state index is -4.65. The van der Waals surface area contributed by atoms with Crippen molar-refractivity contribution >= 4 is 25.6 Å². The Morgan fingerprint density at radius 3 is 2.34 bits per heavy atom. The molecule has 0 radical (unpaired) electrons. The van der Waals surface area contributed by atoms with Crippen molar-refractivity contribution in [1.82, 2.24) is 4.98 Å². The summed E-state index contributed by atoms with van der Waals surface area (Å²) in [5.41, 5.74) is -3.42. The minimum Gasteiger partial charge on any atom is -0.420 e. The number of hydrogen-bond donors (Lipinski definition) is 0. The number of benzene rings is 1. The average Bonchev–Trinajstić information content (AvgIpc) is 3.22. The summed E-state index contributed by atoms with van der Waals surface area (Å²) in [6, 6.07) is 7.34. The van der Waals surface area contributed by atoms with E-state index >= 15 is 0 Å². The largest absolute Gasteiger partial charge is 0.420 e. The van der Waals surface area contributed by atoms with Gasteiger partial charge in [0, 0.05) is 24.7 Å². The normalized spacial score (nSPS) is 15.3. The van der Waals surface area contributed by atoms with Gasteiger partial charge in [-0.3, -0.25) is 4.57 Å². The lowest BCUT2D eigenvalue weighted by Gasteiger charge is -2.26. The van der Waals surface area contributed by atoms with Gasteiger partial charge in [0.1, 0.15) is 6.07 Å². The van der Waals surface area contributed by atoms with E-state index in [4.69, 9.17) is 13.5 Å². The van der Waals surface area contributed by atoms with Crippen LogP contribution in [0.1, 0.15) is 55.8 Å². The molecule has 2 aromatic rings. The van der Waals surface area contributed by atoms with E-state index in [-0.39, 0.29) is 24.8 Å². The first-order valence-corrected chi connectivity index (χ1v) is 12.1. The van der Waals surface area contributed by atoms with E-state index < -0.39 is 18.8 Å². The summed E-state index contributed by atoms with van der Waals surface area (Å²) in [5, 5.41) is 9.36. The Hall–Kier alpha value is -2.53. The second-order valence-electron chi connectivity index (χ2n) is 7.19. The van der Waals surface area contributed by atoms with Gasteiger partial charge in [-0.05, 0) is 44.7 Å². The Balaban J connectivity index is 1.78. The molecule has 7 nitrogen and oxygen atoms in total. The van der Waals surface area contributed by atoms with Crippen molar-refractivity contribution in [2.45, 2.75) is 38.8 Å². The van der Waals surface area contributed by atoms with Crippen LogP contribution < -0.4 is 4.90 Å². The summed E-state index contributed by atoms with van der Waals surface area (Å²) >= 11 is 0. The van der Waals surface area contributed by atoms with E-state index in [9.17, 15) is 18.6 Å². The fraction of sp³-hybridized carbons (Fsp3) is 0.455. The Labute approximate surface area is 186 Å². The number of aromatic nitrogens is 1. The molecule has 172 valence electrons. The molecule has 0 aliphatic carbocycles. The first kappa shape index (κ1) is 24.1. The lowest BCUT2D eigenvalue weighted by Crippen LogP contribution is -2.29. The monoisotopic (exact) mass is 465 g/mol. The third-order valence-electron chi connectivity index (χ3n) is 4.99. The third kappa shape index (κ3) is 5.09. The maximum atomic E-state index is 14.8. The molecular weight excluding hydrogens is 439 g/mol. The van der Waals surface area contributed by atoms with Crippen molar-refractivity contribution in [2.24, 2.45) is 0 Å². The molecule has 0 atom stereocenters. The lowest BCUT2D eigenvalue weighted by molar-refractivity contribution is 0.0360. The van der Waals surface area contributed by atoms with Crippen LogP contribution >= 0.6 is 7.60 Å². The van der Waals surface area contributed by atoms with Gasteiger partial charge in [-0.1, -0.05) is 24.3 Å². The fourth-order valence-electron chi connectivity index (χ4n) is 3.44. The number of halogens is 2. The van der Waals surface area contributed by atoms with Crippen LogP contribution in [0.2, 0.25) is 0 Å². The summed E-state index contributed by atoms with van der Waals surface area (Å²) in [5.74, 6) is 0.721. The molecule has 0 bridgehead atoms. The van der Waals surface area contributed by atoms with Gasteiger partial charge in [0.05, 0.1) is 13.2 Å². The van der Waals surface area contributed by atoms with E-state index in [1.807, 2.05) is 4.90 Å². The fourth-order valence-corrected chi connectivity index (χ4v) is 4.99. The molecule has 0 saturated carbocycles.